The quantitative estimate of drug-likeness (QED) is 0.267. The zero-order valence-corrected chi connectivity index (χ0v) is 31.1. The van der Waals surface area contributed by atoms with E-state index in [1.54, 1.807) is 0 Å². The van der Waals surface area contributed by atoms with E-state index in [1.165, 1.54) is 12.1 Å². The molecule has 1 aliphatic rings. The Labute approximate surface area is 250 Å². The normalized spacial score (nSPS) is 22.0. The molecule has 0 fully saturated rings. The molecule has 0 aromatic heterocycles. The fraction of sp³-hybridized carbons (Fsp3) is 0.742. The van der Waals surface area contributed by atoms with Crippen LogP contribution < -0.4 is 0 Å². The number of rotatable bonds is 8. The van der Waals surface area contributed by atoms with Crippen LogP contribution in [-0.4, -0.2) is 43.8 Å². The van der Waals surface area contributed by atoms with Crippen molar-refractivity contribution in [1.29, 1.82) is 0 Å². The molecule has 0 radical (unpaired) electrons. The first-order chi connectivity index (χ1) is 18.1. The van der Waals surface area contributed by atoms with Gasteiger partial charge in [-0.1, -0.05) is 74.4 Å². The molecule has 3 atom stereocenters. The van der Waals surface area contributed by atoms with Crippen LogP contribution in [0.5, 0.6) is 0 Å². The predicted molar refractivity (Wildman–Crippen MR) is 171 cm³/mol. The first kappa shape index (κ1) is 36.3. The predicted octanol–water partition coefficient (Wildman–Crippen LogP) is 10.5. The van der Waals surface area contributed by atoms with Crippen LogP contribution in [0.1, 0.15) is 79.5 Å². The SMILES string of the molecule is CC(C)(C)[Si](C)(C)OC[C@H]1O[C@H](c2ccc(C(F)(F)F)cc2)C=C(O[Si](C)(C)C(C)(C)C)[C@@H]1O[Si](C)(C)C(C)(C)C. The summed E-state index contributed by atoms with van der Waals surface area (Å²) < 4.78 is 67.3. The molecule has 4 nitrogen and oxygen atoms in total. The smallest absolute Gasteiger partial charge is 0.416 e. The van der Waals surface area contributed by atoms with Crippen LogP contribution in [0.25, 0.3) is 0 Å². The van der Waals surface area contributed by atoms with Crippen LogP contribution in [0.2, 0.25) is 54.4 Å². The molecule has 1 heterocycles. The molecule has 1 aliphatic heterocycles. The number of benzene rings is 1. The van der Waals surface area contributed by atoms with Gasteiger partial charge in [0.1, 0.15) is 24.1 Å². The van der Waals surface area contributed by atoms with Gasteiger partial charge in [-0.15, -0.1) is 0 Å². The van der Waals surface area contributed by atoms with E-state index >= 15 is 0 Å². The van der Waals surface area contributed by atoms with Gasteiger partial charge in [-0.05, 0) is 78.2 Å². The molecule has 0 amide bonds. The third-order valence-electron chi connectivity index (χ3n) is 9.64. The molecule has 0 aliphatic carbocycles. The molecule has 0 N–H and O–H groups in total. The number of ether oxygens (including phenoxy) is 1. The molecule has 0 unspecified atom stereocenters. The first-order valence-corrected chi connectivity index (χ1v) is 23.4. The fourth-order valence-corrected chi connectivity index (χ4v) is 6.91. The highest BCUT2D eigenvalue weighted by Gasteiger charge is 2.49. The molecule has 0 saturated heterocycles. The van der Waals surface area contributed by atoms with Crippen LogP contribution in [0.4, 0.5) is 13.2 Å². The van der Waals surface area contributed by atoms with Gasteiger partial charge < -0.3 is 18.0 Å². The third kappa shape index (κ3) is 8.81. The van der Waals surface area contributed by atoms with Crippen molar-refractivity contribution in [2.24, 2.45) is 0 Å². The maximum Gasteiger partial charge on any atom is 0.416 e. The van der Waals surface area contributed by atoms with Crippen molar-refractivity contribution in [2.75, 3.05) is 6.61 Å². The van der Waals surface area contributed by atoms with Crippen molar-refractivity contribution >= 4 is 25.0 Å². The largest absolute Gasteiger partial charge is 0.545 e. The van der Waals surface area contributed by atoms with Gasteiger partial charge >= 0.3 is 6.18 Å². The van der Waals surface area contributed by atoms with E-state index in [0.717, 1.165) is 12.1 Å². The van der Waals surface area contributed by atoms with E-state index in [0.29, 0.717) is 17.9 Å². The molecular weight excluding hydrogens is 578 g/mol. The lowest BCUT2D eigenvalue weighted by atomic mass is 10.0. The zero-order valence-electron chi connectivity index (χ0n) is 28.1. The summed E-state index contributed by atoms with van der Waals surface area (Å²) in [6.07, 6.45) is -4.05. The Hall–Kier alpha value is -0.919. The molecule has 0 bridgehead atoms. The number of hydrogen-bond donors (Lipinski definition) is 0. The second kappa shape index (κ2) is 11.9. The second-order valence-corrected chi connectivity index (χ2v) is 30.3. The minimum absolute atomic E-state index is 0.000582. The van der Waals surface area contributed by atoms with Crippen molar-refractivity contribution < 1.29 is 31.2 Å². The van der Waals surface area contributed by atoms with Crippen molar-refractivity contribution in [3.05, 3.63) is 47.2 Å². The van der Waals surface area contributed by atoms with E-state index < -0.39 is 55.0 Å². The second-order valence-electron chi connectivity index (χ2n) is 16.0. The van der Waals surface area contributed by atoms with Gasteiger partial charge in [-0.3, -0.25) is 0 Å². The Morgan fingerprint density at radius 1 is 0.707 bits per heavy atom. The van der Waals surface area contributed by atoms with Crippen LogP contribution in [0.3, 0.4) is 0 Å². The lowest BCUT2D eigenvalue weighted by Gasteiger charge is -2.47. The molecule has 41 heavy (non-hydrogen) atoms. The molecular formula is C31H55F3O4Si3. The highest BCUT2D eigenvalue weighted by molar-refractivity contribution is 6.75. The molecule has 1 aromatic carbocycles. The lowest BCUT2D eigenvalue weighted by molar-refractivity contribution is -0.137. The molecule has 2 rings (SSSR count). The summed E-state index contributed by atoms with van der Waals surface area (Å²) in [4.78, 5) is 0. The van der Waals surface area contributed by atoms with Gasteiger partial charge in [0.15, 0.2) is 16.6 Å². The van der Waals surface area contributed by atoms with E-state index in [2.05, 4.69) is 102 Å². The Kier molecular flexibility index (Phi) is 10.5. The standard InChI is InChI=1S/C31H55F3O4Si3/c1-28(2,3)39(10,11)35-21-26-27(38-41(14,15)30(7,8)9)25(37-40(12,13)29(4,5)6)20-24(36-26)22-16-18-23(19-17-22)31(32,33)34/h16-20,24,26-27H,21H2,1-15H3/t24-,26+,27-/m0/s1. The van der Waals surface area contributed by atoms with Crippen molar-refractivity contribution in [3.63, 3.8) is 0 Å². The van der Waals surface area contributed by atoms with Gasteiger partial charge in [-0.2, -0.15) is 13.2 Å². The van der Waals surface area contributed by atoms with Crippen molar-refractivity contribution in [1.82, 2.24) is 0 Å². The Bertz CT molecular complexity index is 1060. The lowest BCUT2D eigenvalue weighted by Crippen LogP contribution is -2.54. The number of hydrogen-bond acceptors (Lipinski definition) is 4. The summed E-state index contributed by atoms with van der Waals surface area (Å²) in [5.41, 5.74) is -0.0480. The summed E-state index contributed by atoms with van der Waals surface area (Å²) in [5, 5.41) is -0.116. The minimum atomic E-state index is -4.40. The maximum atomic E-state index is 13.3. The van der Waals surface area contributed by atoms with Crippen molar-refractivity contribution in [2.45, 2.75) is 141 Å². The van der Waals surface area contributed by atoms with Gasteiger partial charge in [0, 0.05) is 0 Å². The Morgan fingerprint density at radius 2 is 1.17 bits per heavy atom. The van der Waals surface area contributed by atoms with Gasteiger partial charge in [0.25, 0.3) is 0 Å². The summed E-state index contributed by atoms with van der Waals surface area (Å²) in [5.74, 6) is 0.710. The maximum absolute atomic E-state index is 13.3. The Morgan fingerprint density at radius 3 is 1.59 bits per heavy atom. The average molecular weight is 633 g/mol. The first-order valence-electron chi connectivity index (χ1n) is 14.6. The number of alkyl halides is 3. The zero-order chi connectivity index (χ0) is 32.0. The molecule has 0 saturated carbocycles. The highest BCUT2D eigenvalue weighted by Crippen LogP contribution is 2.45. The van der Waals surface area contributed by atoms with Gasteiger partial charge in [0.2, 0.25) is 8.32 Å². The van der Waals surface area contributed by atoms with E-state index in [-0.39, 0.29) is 15.1 Å². The monoisotopic (exact) mass is 632 g/mol. The average Bonchev–Trinajstić information content (AvgIpc) is 2.76. The molecule has 10 heteroatoms. The molecule has 236 valence electrons. The number of halogens is 3. The van der Waals surface area contributed by atoms with Gasteiger partial charge in [0.05, 0.1) is 12.2 Å². The van der Waals surface area contributed by atoms with E-state index in [4.69, 9.17) is 18.0 Å². The summed E-state index contributed by atoms with van der Waals surface area (Å²) in [6, 6.07) is 5.21. The van der Waals surface area contributed by atoms with Crippen LogP contribution in [0.15, 0.2) is 36.1 Å². The third-order valence-corrected chi connectivity index (χ3v) is 23.0. The van der Waals surface area contributed by atoms with Crippen LogP contribution in [0, 0.1) is 0 Å². The van der Waals surface area contributed by atoms with E-state index in [1.807, 2.05) is 6.08 Å². The van der Waals surface area contributed by atoms with Crippen molar-refractivity contribution in [3.8, 4) is 0 Å². The highest BCUT2D eigenvalue weighted by atomic mass is 28.4. The Balaban J connectivity index is 2.67. The topological polar surface area (TPSA) is 36.9 Å². The van der Waals surface area contributed by atoms with Crippen LogP contribution in [-0.2, 0) is 24.2 Å². The van der Waals surface area contributed by atoms with E-state index in [9.17, 15) is 13.2 Å². The van der Waals surface area contributed by atoms with Gasteiger partial charge in [-0.25, -0.2) is 0 Å². The molecule has 0 spiro atoms. The summed E-state index contributed by atoms with van der Waals surface area (Å²) >= 11 is 0. The summed E-state index contributed by atoms with van der Waals surface area (Å²) in [7, 11) is -6.74. The molecule has 1 aromatic rings. The van der Waals surface area contributed by atoms with Crippen LogP contribution >= 0.6 is 0 Å². The fourth-order valence-electron chi connectivity index (χ4n) is 3.56. The minimum Gasteiger partial charge on any atom is -0.545 e. The summed E-state index contributed by atoms with van der Waals surface area (Å²) in [6.45, 7) is 33.3.